The molecule has 4 nitrogen and oxygen atoms in total. The quantitative estimate of drug-likeness (QED) is 0.706. The van der Waals surface area contributed by atoms with Crippen LogP contribution in [0.1, 0.15) is 19.5 Å². The Bertz CT molecular complexity index is 355. The molecule has 2 atom stereocenters. The zero-order valence-corrected chi connectivity index (χ0v) is 10.5. The van der Waals surface area contributed by atoms with Crippen molar-refractivity contribution in [1.29, 1.82) is 0 Å². The summed E-state index contributed by atoms with van der Waals surface area (Å²) in [6, 6.07) is 1.96. The van der Waals surface area contributed by atoms with Gasteiger partial charge in [0.2, 0.25) is 5.28 Å². The van der Waals surface area contributed by atoms with Gasteiger partial charge in [-0.15, -0.1) is 0 Å². The Kier molecular flexibility index (Phi) is 3.30. The highest BCUT2D eigenvalue weighted by Crippen LogP contribution is 2.20. The molecule has 1 aromatic heterocycles. The lowest BCUT2D eigenvalue weighted by Gasteiger charge is -2.36. The molecule has 0 N–H and O–H groups in total. The third-order valence-corrected chi connectivity index (χ3v) is 2.73. The van der Waals surface area contributed by atoms with Crippen molar-refractivity contribution in [3.8, 4) is 0 Å². The van der Waals surface area contributed by atoms with Crippen molar-refractivity contribution < 1.29 is 4.74 Å². The number of morpholine rings is 1. The number of ether oxygens (including phenoxy) is 1. The predicted molar refractivity (Wildman–Crippen MR) is 64.0 cm³/mol. The second kappa shape index (κ2) is 4.55. The first-order chi connectivity index (χ1) is 7.54. The summed E-state index contributed by atoms with van der Waals surface area (Å²) in [6.07, 6.45) is 0.440. The van der Waals surface area contributed by atoms with Gasteiger partial charge in [-0.3, -0.25) is 0 Å². The van der Waals surface area contributed by atoms with Crippen LogP contribution in [0.2, 0.25) is 5.28 Å². The van der Waals surface area contributed by atoms with Gasteiger partial charge in [0.1, 0.15) is 5.82 Å². The van der Waals surface area contributed by atoms with Crippen molar-refractivity contribution in [2.45, 2.75) is 33.0 Å². The number of aryl methyl sites for hydroxylation is 1. The lowest BCUT2D eigenvalue weighted by Crippen LogP contribution is -2.45. The molecule has 16 heavy (non-hydrogen) atoms. The van der Waals surface area contributed by atoms with Crippen molar-refractivity contribution in [1.82, 2.24) is 9.97 Å². The number of anilines is 1. The van der Waals surface area contributed by atoms with Gasteiger partial charge < -0.3 is 9.64 Å². The fourth-order valence-electron chi connectivity index (χ4n) is 2.04. The summed E-state index contributed by atoms with van der Waals surface area (Å²) in [6.45, 7) is 7.75. The van der Waals surface area contributed by atoms with E-state index in [0.29, 0.717) is 5.28 Å². The van der Waals surface area contributed by atoms with Crippen molar-refractivity contribution in [2.24, 2.45) is 0 Å². The van der Waals surface area contributed by atoms with E-state index in [0.717, 1.165) is 24.6 Å². The van der Waals surface area contributed by atoms with Crippen LogP contribution in [0.3, 0.4) is 0 Å². The van der Waals surface area contributed by atoms with Crippen LogP contribution in [0.25, 0.3) is 0 Å². The van der Waals surface area contributed by atoms with Crippen LogP contribution in [-0.2, 0) is 4.74 Å². The first-order valence-electron chi connectivity index (χ1n) is 5.46. The Hall–Kier alpha value is -0.870. The second-order valence-electron chi connectivity index (χ2n) is 4.30. The van der Waals surface area contributed by atoms with Crippen LogP contribution in [-0.4, -0.2) is 35.3 Å². The molecule has 1 saturated heterocycles. The molecular weight excluding hydrogens is 226 g/mol. The Balaban J connectivity index is 2.22. The van der Waals surface area contributed by atoms with Crippen LogP contribution in [0.15, 0.2) is 6.07 Å². The Morgan fingerprint density at radius 2 is 1.94 bits per heavy atom. The van der Waals surface area contributed by atoms with Crippen LogP contribution < -0.4 is 4.90 Å². The lowest BCUT2D eigenvalue weighted by molar-refractivity contribution is -0.00547. The first-order valence-corrected chi connectivity index (χ1v) is 5.84. The van der Waals surface area contributed by atoms with Gasteiger partial charge in [-0.2, -0.15) is 0 Å². The summed E-state index contributed by atoms with van der Waals surface area (Å²) in [5.74, 6) is 0.888. The van der Waals surface area contributed by atoms with E-state index in [2.05, 4.69) is 28.7 Å². The summed E-state index contributed by atoms with van der Waals surface area (Å²) in [4.78, 5) is 10.5. The molecule has 0 saturated carbocycles. The molecule has 0 spiro atoms. The molecule has 1 aromatic rings. The maximum Gasteiger partial charge on any atom is 0.224 e. The lowest BCUT2D eigenvalue weighted by atomic mass is 10.2. The molecule has 1 fully saturated rings. The summed E-state index contributed by atoms with van der Waals surface area (Å²) in [5.41, 5.74) is 0.891. The molecule has 5 heteroatoms. The molecule has 0 radical (unpaired) electrons. The SMILES string of the molecule is Cc1cc(N2CC(C)OC(C)C2)nc(Cl)n1. The fraction of sp³-hybridized carbons (Fsp3) is 0.636. The average Bonchev–Trinajstić information content (AvgIpc) is 2.14. The molecule has 0 bridgehead atoms. The number of hydrogen-bond acceptors (Lipinski definition) is 4. The van der Waals surface area contributed by atoms with Gasteiger partial charge in [-0.25, -0.2) is 9.97 Å². The van der Waals surface area contributed by atoms with Gasteiger partial charge in [0.15, 0.2) is 0 Å². The molecule has 88 valence electrons. The fourth-order valence-corrected chi connectivity index (χ4v) is 2.26. The van der Waals surface area contributed by atoms with E-state index in [1.54, 1.807) is 0 Å². The summed E-state index contributed by atoms with van der Waals surface area (Å²) in [7, 11) is 0. The highest BCUT2D eigenvalue weighted by molar-refractivity contribution is 6.28. The Morgan fingerprint density at radius 1 is 1.31 bits per heavy atom. The summed E-state index contributed by atoms with van der Waals surface area (Å²) in [5, 5.41) is 0.307. The molecule has 1 aliphatic rings. The largest absolute Gasteiger partial charge is 0.372 e. The minimum absolute atomic E-state index is 0.220. The van der Waals surface area contributed by atoms with E-state index in [1.807, 2.05) is 13.0 Å². The minimum atomic E-state index is 0.220. The van der Waals surface area contributed by atoms with Crippen LogP contribution in [0, 0.1) is 6.92 Å². The van der Waals surface area contributed by atoms with Crippen LogP contribution in [0.5, 0.6) is 0 Å². The topological polar surface area (TPSA) is 38.2 Å². The summed E-state index contributed by atoms with van der Waals surface area (Å²) >= 11 is 5.86. The van der Waals surface area contributed by atoms with Crippen molar-refractivity contribution in [3.63, 3.8) is 0 Å². The van der Waals surface area contributed by atoms with Gasteiger partial charge in [-0.1, -0.05) is 0 Å². The standard InChI is InChI=1S/C11H16ClN3O/c1-7-4-10(14-11(12)13-7)15-5-8(2)16-9(3)6-15/h4,8-9H,5-6H2,1-3H3. The highest BCUT2D eigenvalue weighted by atomic mass is 35.5. The predicted octanol–water partition coefficient (Wildman–Crippen LogP) is 2.05. The molecule has 1 aliphatic heterocycles. The maximum absolute atomic E-state index is 5.86. The maximum atomic E-state index is 5.86. The number of aromatic nitrogens is 2. The smallest absolute Gasteiger partial charge is 0.224 e. The van der Waals surface area contributed by atoms with Crippen LogP contribution >= 0.6 is 11.6 Å². The van der Waals surface area contributed by atoms with E-state index in [1.165, 1.54) is 0 Å². The first kappa shape index (κ1) is 11.6. The van der Waals surface area contributed by atoms with Gasteiger partial charge in [0.25, 0.3) is 0 Å². The van der Waals surface area contributed by atoms with E-state index in [9.17, 15) is 0 Å². The molecule has 2 rings (SSSR count). The normalized spacial score (nSPS) is 25.9. The van der Waals surface area contributed by atoms with Gasteiger partial charge in [0.05, 0.1) is 12.2 Å². The molecule has 2 unspecified atom stereocenters. The van der Waals surface area contributed by atoms with E-state index in [4.69, 9.17) is 16.3 Å². The van der Waals surface area contributed by atoms with Crippen molar-refractivity contribution >= 4 is 17.4 Å². The zero-order valence-electron chi connectivity index (χ0n) is 9.77. The third-order valence-electron chi connectivity index (χ3n) is 2.56. The second-order valence-corrected chi connectivity index (χ2v) is 4.64. The minimum Gasteiger partial charge on any atom is -0.372 e. The van der Waals surface area contributed by atoms with E-state index in [-0.39, 0.29) is 12.2 Å². The van der Waals surface area contributed by atoms with E-state index >= 15 is 0 Å². The molecule has 0 amide bonds. The Labute approximate surface area is 101 Å². The van der Waals surface area contributed by atoms with Gasteiger partial charge in [0, 0.05) is 24.8 Å². The molecule has 0 aromatic carbocycles. The zero-order chi connectivity index (χ0) is 11.7. The molecular formula is C11H16ClN3O. The van der Waals surface area contributed by atoms with Crippen molar-refractivity contribution in [3.05, 3.63) is 17.0 Å². The van der Waals surface area contributed by atoms with E-state index < -0.39 is 0 Å². The average molecular weight is 242 g/mol. The van der Waals surface area contributed by atoms with Gasteiger partial charge >= 0.3 is 0 Å². The monoisotopic (exact) mass is 241 g/mol. The number of rotatable bonds is 1. The van der Waals surface area contributed by atoms with Gasteiger partial charge in [-0.05, 0) is 32.4 Å². The Morgan fingerprint density at radius 3 is 2.50 bits per heavy atom. The number of hydrogen-bond donors (Lipinski definition) is 0. The molecule has 0 aliphatic carbocycles. The third kappa shape index (κ3) is 2.62. The van der Waals surface area contributed by atoms with Crippen LogP contribution in [0.4, 0.5) is 5.82 Å². The molecule has 2 heterocycles. The number of nitrogens with zero attached hydrogens (tertiary/aromatic N) is 3. The number of halogens is 1. The highest BCUT2D eigenvalue weighted by Gasteiger charge is 2.23. The van der Waals surface area contributed by atoms with Crippen molar-refractivity contribution in [2.75, 3.05) is 18.0 Å². The summed E-state index contributed by atoms with van der Waals surface area (Å²) < 4.78 is 5.68.